The third-order valence-electron chi connectivity index (χ3n) is 4.68. The van der Waals surface area contributed by atoms with Crippen LogP contribution in [0.4, 0.5) is 5.69 Å². The molecule has 0 radical (unpaired) electrons. The van der Waals surface area contributed by atoms with E-state index in [9.17, 15) is 9.59 Å². The molecule has 2 aromatic carbocycles. The molecule has 1 fully saturated rings. The lowest BCUT2D eigenvalue weighted by Crippen LogP contribution is -2.29. The van der Waals surface area contributed by atoms with Crippen LogP contribution < -0.4 is 5.32 Å². The average Bonchev–Trinajstić information content (AvgIpc) is 2.97. The van der Waals surface area contributed by atoms with Crippen LogP contribution in [0.25, 0.3) is 6.08 Å². The minimum Gasteiger partial charge on any atom is -0.326 e. The smallest absolute Gasteiger partial charge is 0.266 e. The Hall–Kier alpha value is -2.44. The van der Waals surface area contributed by atoms with Crippen molar-refractivity contribution in [1.82, 2.24) is 4.90 Å². The molecule has 1 aliphatic heterocycles. The largest absolute Gasteiger partial charge is 0.326 e. The van der Waals surface area contributed by atoms with Gasteiger partial charge in [0.25, 0.3) is 5.91 Å². The van der Waals surface area contributed by atoms with E-state index in [2.05, 4.69) is 5.32 Å². The number of unbranched alkanes of at least 4 members (excludes halogenated alkanes) is 2. The van der Waals surface area contributed by atoms with Crippen LogP contribution in [-0.2, 0) is 9.59 Å². The molecule has 3 rings (SSSR count). The van der Waals surface area contributed by atoms with Crippen molar-refractivity contribution in [2.75, 3.05) is 11.9 Å². The monoisotopic (exact) mass is 424 g/mol. The number of carbonyl (C=O) groups is 2. The Labute approximate surface area is 181 Å². The summed E-state index contributed by atoms with van der Waals surface area (Å²) in [5.41, 5.74) is 2.91. The number of nitrogens with one attached hydrogen (secondary N) is 1. The molecule has 0 bridgehead atoms. The van der Waals surface area contributed by atoms with Crippen LogP contribution in [0.3, 0.4) is 0 Å². The zero-order valence-electron chi connectivity index (χ0n) is 16.4. The Kier molecular flexibility index (Phi) is 7.61. The van der Waals surface area contributed by atoms with Gasteiger partial charge < -0.3 is 5.32 Å². The first-order valence-corrected chi connectivity index (χ1v) is 10.9. The lowest BCUT2D eigenvalue weighted by atomic mass is 10.1. The van der Waals surface area contributed by atoms with Gasteiger partial charge in [0.15, 0.2) is 0 Å². The number of amides is 2. The number of benzene rings is 2. The summed E-state index contributed by atoms with van der Waals surface area (Å²) in [7, 11) is 0. The second-order valence-corrected chi connectivity index (χ2v) is 8.59. The van der Waals surface area contributed by atoms with Gasteiger partial charge in [-0.3, -0.25) is 14.5 Å². The number of aryl methyl sites for hydroxylation is 1. The highest BCUT2D eigenvalue weighted by Crippen LogP contribution is 2.32. The van der Waals surface area contributed by atoms with E-state index in [1.54, 1.807) is 4.90 Å². The standard InChI is InChI=1S/C23H24N2O2S2/c1-17-10-7-8-13-19(17)24-21(26)14-6-3-9-15-25-22(27)20(29-23(25)28)16-18-11-4-2-5-12-18/h2,4-5,7-8,10-13,16H,3,6,9,14-15H2,1H3,(H,24,26). The lowest BCUT2D eigenvalue weighted by molar-refractivity contribution is -0.122. The van der Waals surface area contributed by atoms with Crippen molar-refractivity contribution in [3.63, 3.8) is 0 Å². The summed E-state index contributed by atoms with van der Waals surface area (Å²) in [4.78, 5) is 27.0. The topological polar surface area (TPSA) is 49.4 Å². The summed E-state index contributed by atoms with van der Waals surface area (Å²) in [5, 5.41) is 2.95. The Morgan fingerprint density at radius 1 is 1.07 bits per heavy atom. The molecule has 1 aliphatic rings. The summed E-state index contributed by atoms with van der Waals surface area (Å²) in [6.45, 7) is 2.57. The first kappa shape index (κ1) is 21.3. The quantitative estimate of drug-likeness (QED) is 0.350. The molecule has 0 atom stereocenters. The van der Waals surface area contributed by atoms with Crippen LogP contribution in [0, 0.1) is 6.92 Å². The molecule has 0 aromatic heterocycles. The van der Waals surface area contributed by atoms with E-state index in [4.69, 9.17) is 12.2 Å². The molecule has 4 nitrogen and oxygen atoms in total. The maximum absolute atomic E-state index is 12.6. The van der Waals surface area contributed by atoms with Crippen LogP contribution in [0.2, 0.25) is 0 Å². The third-order valence-corrected chi connectivity index (χ3v) is 6.05. The number of hydrogen-bond acceptors (Lipinski definition) is 4. The molecule has 2 amide bonds. The summed E-state index contributed by atoms with van der Waals surface area (Å²) in [6, 6.07) is 17.5. The fraction of sp³-hybridized carbons (Fsp3) is 0.261. The van der Waals surface area contributed by atoms with Gasteiger partial charge in [-0.2, -0.15) is 0 Å². The van der Waals surface area contributed by atoms with Crippen molar-refractivity contribution < 1.29 is 9.59 Å². The van der Waals surface area contributed by atoms with Crippen molar-refractivity contribution in [2.45, 2.75) is 32.6 Å². The van der Waals surface area contributed by atoms with Gasteiger partial charge in [-0.05, 0) is 43.0 Å². The molecular formula is C23H24N2O2S2. The molecule has 0 saturated carbocycles. The molecule has 0 spiro atoms. The van der Waals surface area contributed by atoms with Crippen molar-refractivity contribution >= 4 is 51.9 Å². The zero-order chi connectivity index (χ0) is 20.6. The molecule has 0 aliphatic carbocycles. The maximum atomic E-state index is 12.6. The van der Waals surface area contributed by atoms with E-state index in [-0.39, 0.29) is 11.8 Å². The molecule has 0 unspecified atom stereocenters. The van der Waals surface area contributed by atoms with E-state index in [0.29, 0.717) is 22.2 Å². The van der Waals surface area contributed by atoms with Gasteiger partial charge in [0.2, 0.25) is 5.91 Å². The van der Waals surface area contributed by atoms with Gasteiger partial charge in [-0.15, -0.1) is 0 Å². The predicted molar refractivity (Wildman–Crippen MR) is 125 cm³/mol. The van der Waals surface area contributed by atoms with E-state index in [1.807, 2.05) is 67.6 Å². The minimum atomic E-state index is -0.0267. The second-order valence-electron chi connectivity index (χ2n) is 6.92. The molecule has 1 saturated heterocycles. The molecule has 2 aromatic rings. The number of thiocarbonyl (C=S) groups is 1. The number of nitrogens with zero attached hydrogens (tertiary/aromatic N) is 1. The van der Waals surface area contributed by atoms with Crippen LogP contribution in [-0.4, -0.2) is 27.6 Å². The van der Waals surface area contributed by atoms with Gasteiger partial charge in [0.1, 0.15) is 4.32 Å². The number of thioether (sulfide) groups is 1. The highest BCUT2D eigenvalue weighted by molar-refractivity contribution is 8.26. The predicted octanol–water partition coefficient (Wildman–Crippen LogP) is 5.40. The second kappa shape index (κ2) is 10.4. The number of carbonyl (C=O) groups excluding carboxylic acids is 2. The van der Waals surface area contributed by atoms with Crippen molar-refractivity contribution in [3.05, 3.63) is 70.6 Å². The number of para-hydroxylation sites is 1. The number of anilines is 1. The first-order chi connectivity index (χ1) is 14.0. The molecule has 1 heterocycles. The summed E-state index contributed by atoms with van der Waals surface area (Å²) in [6.07, 6.45) is 4.83. The summed E-state index contributed by atoms with van der Waals surface area (Å²) >= 11 is 6.73. The van der Waals surface area contributed by atoms with Gasteiger partial charge >= 0.3 is 0 Å². The van der Waals surface area contributed by atoms with Crippen LogP contribution in [0.5, 0.6) is 0 Å². The highest BCUT2D eigenvalue weighted by atomic mass is 32.2. The number of hydrogen-bond donors (Lipinski definition) is 1. The molecule has 29 heavy (non-hydrogen) atoms. The van der Waals surface area contributed by atoms with Gasteiger partial charge in [0.05, 0.1) is 4.91 Å². The highest BCUT2D eigenvalue weighted by Gasteiger charge is 2.31. The fourth-order valence-electron chi connectivity index (χ4n) is 3.05. The van der Waals surface area contributed by atoms with Gasteiger partial charge in [-0.1, -0.05) is 78.9 Å². The number of rotatable bonds is 8. The van der Waals surface area contributed by atoms with Gasteiger partial charge in [0, 0.05) is 18.7 Å². The average molecular weight is 425 g/mol. The molecule has 6 heteroatoms. The fourth-order valence-corrected chi connectivity index (χ4v) is 4.36. The Morgan fingerprint density at radius 2 is 1.79 bits per heavy atom. The van der Waals surface area contributed by atoms with E-state index < -0.39 is 0 Å². The minimum absolute atomic E-state index is 0.0238. The Morgan fingerprint density at radius 3 is 2.55 bits per heavy atom. The van der Waals surface area contributed by atoms with Crippen LogP contribution >= 0.6 is 24.0 Å². The third kappa shape index (κ3) is 6.02. The zero-order valence-corrected chi connectivity index (χ0v) is 18.0. The first-order valence-electron chi connectivity index (χ1n) is 9.70. The Bertz CT molecular complexity index is 925. The molecule has 1 N–H and O–H groups in total. The molecule has 150 valence electrons. The maximum Gasteiger partial charge on any atom is 0.266 e. The van der Waals surface area contributed by atoms with Crippen molar-refractivity contribution in [3.8, 4) is 0 Å². The summed E-state index contributed by atoms with van der Waals surface area (Å²) in [5.74, 6) is -0.00291. The van der Waals surface area contributed by atoms with Crippen molar-refractivity contribution in [2.24, 2.45) is 0 Å². The van der Waals surface area contributed by atoms with E-state index in [0.717, 1.165) is 36.1 Å². The van der Waals surface area contributed by atoms with Gasteiger partial charge in [-0.25, -0.2) is 0 Å². The normalized spacial score (nSPS) is 15.2. The van der Waals surface area contributed by atoms with E-state index in [1.165, 1.54) is 11.8 Å². The van der Waals surface area contributed by atoms with E-state index >= 15 is 0 Å². The van der Waals surface area contributed by atoms with Crippen molar-refractivity contribution in [1.29, 1.82) is 0 Å². The SMILES string of the molecule is Cc1ccccc1NC(=O)CCCCCN1C(=O)C(=Cc2ccccc2)SC1=S. The summed E-state index contributed by atoms with van der Waals surface area (Å²) < 4.78 is 0.606. The molecular weight excluding hydrogens is 400 g/mol. The lowest BCUT2D eigenvalue weighted by Gasteiger charge is -2.14. The van der Waals surface area contributed by atoms with Crippen LogP contribution in [0.15, 0.2) is 59.5 Å². The Balaban J connectivity index is 1.41. The van der Waals surface area contributed by atoms with Crippen LogP contribution in [0.1, 0.15) is 36.8 Å².